The molecule has 0 spiro atoms. The summed E-state index contributed by atoms with van der Waals surface area (Å²) < 4.78 is 0. The van der Waals surface area contributed by atoms with E-state index in [-0.39, 0.29) is 18.4 Å². The molecule has 26 heavy (non-hydrogen) atoms. The zero-order valence-electron chi connectivity index (χ0n) is 16.3. The van der Waals surface area contributed by atoms with Gasteiger partial charge in [0.2, 0.25) is 5.91 Å². The molecule has 0 saturated carbocycles. The molecule has 0 aromatic carbocycles. The number of allylic oxidation sites excluding steroid dienone is 3. The Morgan fingerprint density at radius 1 is 1.23 bits per heavy atom. The first-order valence-electron chi connectivity index (χ1n) is 9.28. The SMILES string of the molecule is CC(C)CCN(C[C@@]1(C(=O)N[C@H](C=O)CC(C)C)C=CC=CC1)C(=O)O. The summed E-state index contributed by atoms with van der Waals surface area (Å²) in [5.74, 6) is 0.338. The summed E-state index contributed by atoms with van der Waals surface area (Å²) in [4.78, 5) is 37.3. The van der Waals surface area contributed by atoms with Crippen LogP contribution in [0.5, 0.6) is 0 Å². The number of amides is 2. The number of nitrogens with one attached hydrogen (secondary N) is 1. The molecular weight excluding hydrogens is 332 g/mol. The van der Waals surface area contributed by atoms with Crippen molar-refractivity contribution in [3.63, 3.8) is 0 Å². The van der Waals surface area contributed by atoms with Gasteiger partial charge in [-0.2, -0.15) is 0 Å². The van der Waals surface area contributed by atoms with E-state index in [1.807, 2.05) is 39.8 Å². The van der Waals surface area contributed by atoms with Gasteiger partial charge in [0.15, 0.2) is 0 Å². The number of carbonyl (C=O) groups is 3. The second-order valence-electron chi connectivity index (χ2n) is 7.88. The fourth-order valence-electron chi connectivity index (χ4n) is 2.99. The number of hydrogen-bond donors (Lipinski definition) is 2. The maximum absolute atomic E-state index is 13.0. The van der Waals surface area contributed by atoms with Crippen LogP contribution < -0.4 is 5.32 Å². The van der Waals surface area contributed by atoms with Gasteiger partial charge >= 0.3 is 6.09 Å². The third kappa shape index (κ3) is 6.65. The Morgan fingerprint density at radius 2 is 1.92 bits per heavy atom. The Balaban J connectivity index is 2.96. The molecule has 1 aliphatic carbocycles. The van der Waals surface area contributed by atoms with Crippen LogP contribution >= 0.6 is 0 Å². The monoisotopic (exact) mass is 364 g/mol. The Labute approximate surface area is 156 Å². The molecule has 2 amide bonds. The van der Waals surface area contributed by atoms with E-state index in [1.165, 1.54) is 4.90 Å². The summed E-state index contributed by atoms with van der Waals surface area (Å²) >= 11 is 0. The predicted molar refractivity (Wildman–Crippen MR) is 102 cm³/mol. The molecule has 6 heteroatoms. The molecule has 0 aromatic heterocycles. The lowest BCUT2D eigenvalue weighted by Crippen LogP contribution is -2.52. The molecule has 0 aliphatic heterocycles. The zero-order chi connectivity index (χ0) is 19.7. The Morgan fingerprint density at radius 3 is 2.38 bits per heavy atom. The highest BCUT2D eigenvalue weighted by molar-refractivity contribution is 5.88. The van der Waals surface area contributed by atoms with Crippen molar-refractivity contribution in [3.8, 4) is 0 Å². The Kier molecular flexibility index (Phi) is 8.55. The van der Waals surface area contributed by atoms with Gasteiger partial charge < -0.3 is 20.1 Å². The maximum Gasteiger partial charge on any atom is 0.407 e. The van der Waals surface area contributed by atoms with Crippen LogP contribution in [0.15, 0.2) is 24.3 Å². The van der Waals surface area contributed by atoms with Crippen molar-refractivity contribution >= 4 is 18.3 Å². The molecule has 1 aliphatic rings. The molecule has 0 saturated heterocycles. The summed E-state index contributed by atoms with van der Waals surface area (Å²) in [6.45, 7) is 8.50. The molecule has 0 bridgehead atoms. The quantitative estimate of drug-likeness (QED) is 0.583. The van der Waals surface area contributed by atoms with Crippen molar-refractivity contribution in [2.24, 2.45) is 17.3 Å². The minimum atomic E-state index is -1.03. The van der Waals surface area contributed by atoms with Crippen LogP contribution in [-0.4, -0.2) is 47.4 Å². The second kappa shape index (κ2) is 10.1. The van der Waals surface area contributed by atoms with E-state index in [0.29, 0.717) is 25.3 Å². The van der Waals surface area contributed by atoms with E-state index in [1.54, 1.807) is 12.2 Å². The predicted octanol–water partition coefficient (Wildman–Crippen LogP) is 3.24. The van der Waals surface area contributed by atoms with Crippen LogP contribution in [0.25, 0.3) is 0 Å². The lowest BCUT2D eigenvalue weighted by molar-refractivity contribution is -0.131. The second-order valence-corrected chi connectivity index (χ2v) is 7.88. The zero-order valence-corrected chi connectivity index (χ0v) is 16.3. The van der Waals surface area contributed by atoms with Crippen LogP contribution in [-0.2, 0) is 9.59 Å². The molecule has 1 rings (SSSR count). The highest BCUT2D eigenvalue weighted by Gasteiger charge is 2.39. The molecule has 2 atom stereocenters. The van der Waals surface area contributed by atoms with Gasteiger partial charge in [-0.25, -0.2) is 4.79 Å². The standard InChI is InChI=1S/C20H32N2O4/c1-15(2)8-11-22(19(25)26)14-20(9-6-5-7-10-20)18(24)21-17(13-23)12-16(3)4/h5-7,9,13,15-17H,8,10-12,14H2,1-4H3,(H,21,24)(H,25,26)/t17-,20+/m0/s1. The highest BCUT2D eigenvalue weighted by atomic mass is 16.4. The topological polar surface area (TPSA) is 86.7 Å². The molecule has 0 unspecified atom stereocenters. The van der Waals surface area contributed by atoms with Crippen molar-refractivity contribution in [3.05, 3.63) is 24.3 Å². The smallest absolute Gasteiger partial charge is 0.407 e. The average molecular weight is 364 g/mol. The summed E-state index contributed by atoms with van der Waals surface area (Å²) in [5, 5.41) is 12.4. The molecule has 0 aromatic rings. The van der Waals surface area contributed by atoms with Gasteiger partial charge in [-0.05, 0) is 31.1 Å². The van der Waals surface area contributed by atoms with Crippen molar-refractivity contribution in [1.29, 1.82) is 0 Å². The number of carbonyl (C=O) groups excluding carboxylic acids is 2. The van der Waals surface area contributed by atoms with Crippen molar-refractivity contribution in [2.45, 2.75) is 53.0 Å². The maximum atomic E-state index is 13.0. The number of carboxylic acid groups (broad SMARTS) is 1. The van der Waals surface area contributed by atoms with Crippen LogP contribution in [0.4, 0.5) is 4.79 Å². The van der Waals surface area contributed by atoms with Gasteiger partial charge in [0.1, 0.15) is 6.29 Å². The molecule has 6 nitrogen and oxygen atoms in total. The van der Waals surface area contributed by atoms with Crippen molar-refractivity contribution in [1.82, 2.24) is 10.2 Å². The average Bonchev–Trinajstić information content (AvgIpc) is 2.57. The van der Waals surface area contributed by atoms with E-state index in [0.717, 1.165) is 12.7 Å². The first-order valence-corrected chi connectivity index (χ1v) is 9.28. The van der Waals surface area contributed by atoms with Crippen molar-refractivity contribution < 1.29 is 19.5 Å². The first-order chi connectivity index (χ1) is 12.2. The van der Waals surface area contributed by atoms with E-state index >= 15 is 0 Å². The number of hydrogen-bond acceptors (Lipinski definition) is 3. The van der Waals surface area contributed by atoms with Crippen molar-refractivity contribution in [2.75, 3.05) is 13.1 Å². The summed E-state index contributed by atoms with van der Waals surface area (Å²) in [6, 6.07) is -0.562. The summed E-state index contributed by atoms with van der Waals surface area (Å²) in [6.07, 6.45) is 8.64. The lowest BCUT2D eigenvalue weighted by atomic mass is 9.79. The van der Waals surface area contributed by atoms with Gasteiger partial charge in [0.05, 0.1) is 11.5 Å². The number of aldehydes is 1. The van der Waals surface area contributed by atoms with Gasteiger partial charge in [-0.1, -0.05) is 52.0 Å². The van der Waals surface area contributed by atoms with Crippen LogP contribution in [0.1, 0.15) is 47.0 Å². The lowest BCUT2D eigenvalue weighted by Gasteiger charge is -2.35. The molecule has 0 fully saturated rings. The van der Waals surface area contributed by atoms with Gasteiger partial charge in [0.25, 0.3) is 0 Å². The van der Waals surface area contributed by atoms with Crippen LogP contribution in [0.2, 0.25) is 0 Å². The first kappa shape index (κ1) is 21.9. The Bertz CT molecular complexity index is 554. The third-order valence-corrected chi connectivity index (χ3v) is 4.52. The number of rotatable bonds is 10. The summed E-state index contributed by atoms with van der Waals surface area (Å²) in [5.41, 5.74) is -0.984. The largest absolute Gasteiger partial charge is 0.465 e. The van der Waals surface area contributed by atoms with E-state index in [9.17, 15) is 19.5 Å². The molecule has 0 radical (unpaired) electrons. The fraction of sp³-hybridized carbons (Fsp3) is 0.650. The molecule has 2 N–H and O–H groups in total. The van der Waals surface area contributed by atoms with Gasteiger partial charge in [-0.3, -0.25) is 4.79 Å². The van der Waals surface area contributed by atoms with E-state index < -0.39 is 17.6 Å². The van der Waals surface area contributed by atoms with Gasteiger partial charge in [-0.15, -0.1) is 0 Å². The minimum absolute atomic E-state index is 0.0784. The molecule has 0 heterocycles. The van der Waals surface area contributed by atoms with Gasteiger partial charge in [0, 0.05) is 13.1 Å². The van der Waals surface area contributed by atoms with Crippen LogP contribution in [0.3, 0.4) is 0 Å². The molecule has 146 valence electrons. The number of nitrogens with zero attached hydrogens (tertiary/aromatic N) is 1. The fourth-order valence-corrected chi connectivity index (χ4v) is 2.99. The van der Waals surface area contributed by atoms with E-state index in [4.69, 9.17) is 0 Å². The minimum Gasteiger partial charge on any atom is -0.465 e. The molecular formula is C20H32N2O4. The van der Waals surface area contributed by atoms with Crippen LogP contribution in [0, 0.1) is 17.3 Å². The summed E-state index contributed by atoms with van der Waals surface area (Å²) in [7, 11) is 0. The third-order valence-electron chi connectivity index (χ3n) is 4.52. The van der Waals surface area contributed by atoms with E-state index in [2.05, 4.69) is 5.32 Å². The highest BCUT2D eigenvalue weighted by Crippen LogP contribution is 2.30. The Hall–Kier alpha value is -2.11. The normalized spacial score (nSPS) is 20.2.